The van der Waals surface area contributed by atoms with Crippen molar-refractivity contribution in [3.63, 3.8) is 0 Å². The summed E-state index contributed by atoms with van der Waals surface area (Å²) in [5.74, 6) is -0.165. The molecule has 2 rings (SSSR count). The van der Waals surface area contributed by atoms with Gasteiger partial charge in [0.1, 0.15) is 0 Å². The van der Waals surface area contributed by atoms with Gasteiger partial charge in [-0.2, -0.15) is 13.2 Å². The van der Waals surface area contributed by atoms with Crippen LogP contribution in [-0.4, -0.2) is 31.7 Å². The fourth-order valence-electron chi connectivity index (χ4n) is 2.61. The van der Waals surface area contributed by atoms with Gasteiger partial charge in [0, 0.05) is 24.8 Å². The van der Waals surface area contributed by atoms with E-state index in [9.17, 15) is 18.0 Å². The monoisotopic (exact) mass is 344 g/mol. The van der Waals surface area contributed by atoms with Crippen LogP contribution in [-0.2, 0) is 21.2 Å². The third-order valence-corrected chi connectivity index (χ3v) is 4.19. The van der Waals surface area contributed by atoms with Crippen LogP contribution in [0, 0.1) is 0 Å². The Morgan fingerprint density at radius 3 is 2.46 bits per heavy atom. The Bertz CT molecular complexity index is 567. The Morgan fingerprint density at radius 2 is 1.83 bits per heavy atom. The lowest BCUT2D eigenvalue weighted by Gasteiger charge is -2.28. The molecule has 0 spiro atoms. The number of rotatable bonds is 5. The van der Waals surface area contributed by atoms with E-state index in [1.807, 2.05) is 0 Å². The Morgan fingerprint density at radius 1 is 1.21 bits per heavy atom. The van der Waals surface area contributed by atoms with Gasteiger partial charge in [0.15, 0.2) is 0 Å². The highest BCUT2D eigenvalue weighted by molar-refractivity contribution is 5.78. The summed E-state index contributed by atoms with van der Waals surface area (Å²) >= 11 is 0. The third kappa shape index (κ3) is 5.21. The van der Waals surface area contributed by atoms with Crippen LogP contribution >= 0.6 is 0 Å². The maximum atomic E-state index is 12.8. The van der Waals surface area contributed by atoms with E-state index >= 15 is 0 Å². The van der Waals surface area contributed by atoms with Crippen LogP contribution in [0.2, 0.25) is 0 Å². The Labute approximate surface area is 139 Å². The first-order valence-electron chi connectivity index (χ1n) is 7.98. The second kappa shape index (κ2) is 7.53. The van der Waals surface area contributed by atoms with Gasteiger partial charge in [-0.25, -0.2) is 0 Å². The summed E-state index contributed by atoms with van der Waals surface area (Å²) in [4.78, 5) is 12.0. The highest BCUT2D eigenvalue weighted by Gasteiger charge is 2.32. The SMILES string of the molecule is CC(C)(NCC(=O)NC1CCOCC1)c1cccc(C(F)(F)F)c1. The average molecular weight is 344 g/mol. The van der Waals surface area contributed by atoms with Crippen LogP contribution < -0.4 is 10.6 Å². The number of alkyl halides is 3. The van der Waals surface area contributed by atoms with Crippen molar-refractivity contribution in [2.75, 3.05) is 19.8 Å². The number of nitrogens with one attached hydrogen (secondary N) is 2. The molecule has 1 aliphatic heterocycles. The normalized spacial score (nSPS) is 16.9. The van der Waals surface area contributed by atoms with E-state index in [-0.39, 0.29) is 18.5 Å². The minimum atomic E-state index is -4.38. The second-order valence-corrected chi connectivity index (χ2v) is 6.51. The molecule has 0 atom stereocenters. The molecule has 0 saturated carbocycles. The molecule has 134 valence electrons. The zero-order valence-corrected chi connectivity index (χ0v) is 13.9. The van der Waals surface area contributed by atoms with Gasteiger partial charge in [0.25, 0.3) is 0 Å². The Balaban J connectivity index is 1.94. The Kier molecular flexibility index (Phi) is 5.87. The predicted octanol–water partition coefficient (Wildman–Crippen LogP) is 2.83. The number of amides is 1. The van der Waals surface area contributed by atoms with Gasteiger partial charge < -0.3 is 10.1 Å². The number of ether oxygens (including phenoxy) is 1. The molecule has 0 radical (unpaired) electrons. The number of carbonyl (C=O) groups is 1. The highest BCUT2D eigenvalue weighted by atomic mass is 19.4. The van der Waals surface area contributed by atoms with E-state index in [1.54, 1.807) is 19.9 Å². The highest BCUT2D eigenvalue weighted by Crippen LogP contribution is 2.31. The summed E-state index contributed by atoms with van der Waals surface area (Å²) in [5, 5.41) is 5.95. The lowest BCUT2D eigenvalue weighted by molar-refractivity contribution is -0.137. The van der Waals surface area contributed by atoms with Crippen molar-refractivity contribution in [1.29, 1.82) is 0 Å². The molecule has 1 heterocycles. The molecule has 0 aliphatic carbocycles. The molecule has 1 saturated heterocycles. The smallest absolute Gasteiger partial charge is 0.381 e. The molecule has 2 N–H and O–H groups in total. The van der Waals surface area contributed by atoms with Gasteiger partial charge >= 0.3 is 6.18 Å². The van der Waals surface area contributed by atoms with E-state index in [2.05, 4.69) is 10.6 Å². The molecule has 1 aliphatic rings. The van der Waals surface area contributed by atoms with Crippen molar-refractivity contribution < 1.29 is 22.7 Å². The van der Waals surface area contributed by atoms with Gasteiger partial charge in [-0.1, -0.05) is 12.1 Å². The van der Waals surface area contributed by atoms with Crippen LogP contribution in [0.25, 0.3) is 0 Å². The van der Waals surface area contributed by atoms with Crippen molar-refractivity contribution in [3.8, 4) is 0 Å². The first-order chi connectivity index (χ1) is 11.2. The predicted molar refractivity (Wildman–Crippen MR) is 84.5 cm³/mol. The maximum absolute atomic E-state index is 12.8. The van der Waals surface area contributed by atoms with Crippen molar-refractivity contribution in [2.24, 2.45) is 0 Å². The first-order valence-corrected chi connectivity index (χ1v) is 7.98. The van der Waals surface area contributed by atoms with E-state index in [1.165, 1.54) is 6.07 Å². The van der Waals surface area contributed by atoms with Crippen molar-refractivity contribution in [1.82, 2.24) is 10.6 Å². The van der Waals surface area contributed by atoms with Gasteiger partial charge in [-0.15, -0.1) is 0 Å². The second-order valence-electron chi connectivity index (χ2n) is 6.51. The van der Waals surface area contributed by atoms with Gasteiger partial charge in [0.2, 0.25) is 5.91 Å². The minimum Gasteiger partial charge on any atom is -0.381 e. The Hall–Kier alpha value is -1.60. The average Bonchev–Trinajstić information content (AvgIpc) is 2.53. The van der Waals surface area contributed by atoms with Gasteiger partial charge in [0.05, 0.1) is 12.1 Å². The summed E-state index contributed by atoms with van der Waals surface area (Å²) < 4.78 is 43.7. The summed E-state index contributed by atoms with van der Waals surface area (Å²) in [7, 11) is 0. The molecule has 1 aromatic rings. The zero-order chi connectivity index (χ0) is 17.8. The molecule has 7 heteroatoms. The lowest BCUT2D eigenvalue weighted by Crippen LogP contribution is -2.47. The molecule has 1 fully saturated rings. The fourth-order valence-corrected chi connectivity index (χ4v) is 2.61. The maximum Gasteiger partial charge on any atom is 0.416 e. The number of hydrogen-bond donors (Lipinski definition) is 2. The molecular weight excluding hydrogens is 321 g/mol. The van der Waals surface area contributed by atoms with Crippen molar-refractivity contribution in [3.05, 3.63) is 35.4 Å². The van der Waals surface area contributed by atoms with E-state index < -0.39 is 17.3 Å². The largest absolute Gasteiger partial charge is 0.416 e. The van der Waals surface area contributed by atoms with Gasteiger partial charge in [-0.3, -0.25) is 10.1 Å². The molecule has 0 aromatic heterocycles. The molecule has 0 bridgehead atoms. The van der Waals surface area contributed by atoms with E-state index in [0.717, 1.165) is 25.0 Å². The van der Waals surface area contributed by atoms with Gasteiger partial charge in [-0.05, 0) is 44.4 Å². The number of carbonyl (C=O) groups excluding carboxylic acids is 1. The molecule has 1 amide bonds. The number of benzene rings is 1. The summed E-state index contributed by atoms with van der Waals surface area (Å²) in [6.07, 6.45) is -2.82. The van der Waals surface area contributed by atoms with Crippen LogP contribution in [0.4, 0.5) is 13.2 Å². The van der Waals surface area contributed by atoms with Crippen molar-refractivity contribution in [2.45, 2.75) is 44.4 Å². The minimum absolute atomic E-state index is 0.0423. The lowest BCUT2D eigenvalue weighted by atomic mass is 9.92. The van der Waals surface area contributed by atoms with Crippen LogP contribution in [0.1, 0.15) is 37.8 Å². The summed E-state index contributed by atoms with van der Waals surface area (Å²) in [6.45, 7) is 4.82. The summed E-state index contributed by atoms with van der Waals surface area (Å²) in [6, 6.07) is 5.26. The fraction of sp³-hybridized carbons (Fsp3) is 0.588. The van der Waals surface area contributed by atoms with Crippen molar-refractivity contribution >= 4 is 5.91 Å². The quantitative estimate of drug-likeness (QED) is 0.864. The molecule has 24 heavy (non-hydrogen) atoms. The zero-order valence-electron chi connectivity index (χ0n) is 13.9. The molecule has 0 unspecified atom stereocenters. The number of halogens is 3. The number of hydrogen-bond acceptors (Lipinski definition) is 3. The standard InChI is InChI=1S/C17H23F3N2O2/c1-16(2,12-4-3-5-13(10-12)17(18,19)20)21-11-15(23)22-14-6-8-24-9-7-14/h3-5,10,14,21H,6-9,11H2,1-2H3,(H,22,23). The molecule has 4 nitrogen and oxygen atoms in total. The van der Waals surface area contributed by atoms with E-state index in [0.29, 0.717) is 18.8 Å². The van der Waals surface area contributed by atoms with Crippen LogP contribution in [0.5, 0.6) is 0 Å². The topological polar surface area (TPSA) is 50.4 Å². The first kappa shape index (κ1) is 18.7. The van der Waals surface area contributed by atoms with Crippen LogP contribution in [0.3, 0.4) is 0 Å². The molecular formula is C17H23F3N2O2. The van der Waals surface area contributed by atoms with E-state index in [4.69, 9.17) is 4.74 Å². The van der Waals surface area contributed by atoms with Crippen LogP contribution in [0.15, 0.2) is 24.3 Å². The summed E-state index contributed by atoms with van der Waals surface area (Å²) in [5.41, 5.74) is -0.966. The third-order valence-electron chi connectivity index (χ3n) is 4.19. The molecule has 1 aromatic carbocycles.